The van der Waals surface area contributed by atoms with Crippen molar-refractivity contribution >= 4 is 40.2 Å². The van der Waals surface area contributed by atoms with Gasteiger partial charge in [0.1, 0.15) is 23.1 Å². The monoisotopic (exact) mass is 662 g/mol. The Kier molecular flexibility index (Phi) is 9.79. The molecule has 0 saturated carbocycles. The van der Waals surface area contributed by atoms with Crippen molar-refractivity contribution in [1.82, 2.24) is 19.7 Å². The summed E-state index contributed by atoms with van der Waals surface area (Å²) in [5, 5.41) is 12.2. The first-order valence-electron chi connectivity index (χ1n) is 16.3. The van der Waals surface area contributed by atoms with Gasteiger partial charge in [-0.25, -0.2) is 19.3 Å². The van der Waals surface area contributed by atoms with Gasteiger partial charge in [0.15, 0.2) is 0 Å². The second kappa shape index (κ2) is 14.3. The largest absolute Gasteiger partial charge is 0.457 e. The van der Waals surface area contributed by atoms with Crippen LogP contribution in [0.3, 0.4) is 0 Å². The number of rotatable bonds is 9. The molecule has 1 aliphatic rings. The average Bonchev–Trinajstić information content (AvgIpc) is 3.51. The molecule has 5 aromatic rings. The lowest BCUT2D eigenvalue weighted by Gasteiger charge is -2.31. The third kappa shape index (κ3) is 7.99. The summed E-state index contributed by atoms with van der Waals surface area (Å²) in [6.45, 7) is 12.4. The number of hydrogen-bond acceptors (Lipinski definition) is 7. The van der Waals surface area contributed by atoms with E-state index in [1.54, 1.807) is 21.7 Å². The van der Waals surface area contributed by atoms with Crippen LogP contribution < -0.4 is 26.0 Å². The van der Waals surface area contributed by atoms with Crippen LogP contribution in [0.2, 0.25) is 0 Å². The van der Waals surface area contributed by atoms with Crippen molar-refractivity contribution < 1.29 is 19.1 Å². The second-order valence-corrected chi connectivity index (χ2v) is 13.0. The highest BCUT2D eigenvalue weighted by Gasteiger charge is 2.26. The minimum absolute atomic E-state index is 0.233. The van der Waals surface area contributed by atoms with E-state index in [2.05, 4.69) is 41.3 Å². The van der Waals surface area contributed by atoms with Gasteiger partial charge in [0, 0.05) is 60.7 Å². The number of carbonyl (C=O) groups is 2. The van der Waals surface area contributed by atoms with E-state index < -0.39 is 6.03 Å². The number of pyridine rings is 1. The number of fused-ring (bicyclic) bond motifs is 1. The molecule has 4 N–H and O–H groups in total. The van der Waals surface area contributed by atoms with Gasteiger partial charge in [0.2, 0.25) is 0 Å². The molecule has 1 aliphatic heterocycles. The number of nitrogens with two attached hydrogens (primary N) is 1. The molecule has 254 valence electrons. The van der Waals surface area contributed by atoms with E-state index in [-0.39, 0.29) is 17.3 Å². The Morgan fingerprint density at radius 3 is 2.41 bits per heavy atom. The van der Waals surface area contributed by atoms with E-state index in [1.807, 2.05) is 73.7 Å². The molecule has 1 fully saturated rings. The van der Waals surface area contributed by atoms with Gasteiger partial charge in [-0.3, -0.25) is 20.4 Å². The predicted octanol–water partition coefficient (Wildman–Crippen LogP) is 6.68. The number of aromatic nitrogens is 3. The normalized spacial score (nSPS) is 13.6. The van der Waals surface area contributed by atoms with E-state index >= 15 is 0 Å². The van der Waals surface area contributed by atoms with Gasteiger partial charge in [-0.1, -0.05) is 62.7 Å². The lowest BCUT2D eigenvalue weighted by Crippen LogP contribution is -2.44. The third-order valence-corrected chi connectivity index (χ3v) is 8.34. The number of aryl methyl sites for hydroxylation is 1. The van der Waals surface area contributed by atoms with Crippen molar-refractivity contribution in [2.75, 3.05) is 54.9 Å². The van der Waals surface area contributed by atoms with Crippen molar-refractivity contribution in [3.05, 3.63) is 96.3 Å². The number of anilines is 3. The van der Waals surface area contributed by atoms with Gasteiger partial charge >= 0.3 is 12.1 Å². The summed E-state index contributed by atoms with van der Waals surface area (Å²) in [4.78, 5) is 34.0. The summed E-state index contributed by atoms with van der Waals surface area (Å²) in [6.07, 6.45) is 1.53. The highest BCUT2D eigenvalue weighted by atomic mass is 16.5. The first kappa shape index (κ1) is 33.4. The molecule has 0 unspecified atom stereocenters. The lowest BCUT2D eigenvalue weighted by molar-refractivity contribution is 0.0393. The summed E-state index contributed by atoms with van der Waals surface area (Å²) in [5.41, 5.74) is 8.63. The number of amides is 4. The fourth-order valence-electron chi connectivity index (χ4n) is 5.67. The number of ether oxygens (including phenoxy) is 2. The number of nitrogens with one attached hydrogen (secondary N) is 2. The minimum Gasteiger partial charge on any atom is -0.457 e. The minimum atomic E-state index is -0.716. The molecule has 1 saturated heterocycles. The zero-order valence-electron chi connectivity index (χ0n) is 28.3. The van der Waals surface area contributed by atoms with Crippen LogP contribution in [0.1, 0.15) is 32.0 Å². The Morgan fingerprint density at radius 2 is 1.69 bits per heavy atom. The number of primary amides is 1. The number of morpholine rings is 1. The summed E-state index contributed by atoms with van der Waals surface area (Å²) in [7, 11) is 0. The molecule has 2 aromatic heterocycles. The summed E-state index contributed by atoms with van der Waals surface area (Å²) < 4.78 is 13.6. The van der Waals surface area contributed by atoms with Gasteiger partial charge in [-0.2, -0.15) is 5.10 Å². The zero-order valence-corrected chi connectivity index (χ0v) is 28.3. The quantitative estimate of drug-likeness (QED) is 0.160. The Labute approximate surface area is 285 Å². The number of carbonyl (C=O) groups excluding carboxylic acids is 2. The van der Waals surface area contributed by atoms with Crippen LogP contribution in [-0.2, 0) is 10.2 Å². The standard InChI is InChI=1S/C37H42N8O4/c1-25-9-11-26(12-10-25)45-34(24-32(42-45)37(2,3)4)41-36(47)44(18-17-43-19-21-48-22-20-43)30-13-14-31(29-8-6-5-7-28(29)30)49-27-15-16-39-33(23-27)40-35(38)46/h5-16,23-24H,17-22H2,1-4H3,(H,41,47)(H3,38,39,40,46). The molecule has 0 atom stereocenters. The summed E-state index contributed by atoms with van der Waals surface area (Å²) >= 11 is 0. The van der Waals surface area contributed by atoms with Crippen LogP contribution in [0.5, 0.6) is 11.5 Å². The highest BCUT2D eigenvalue weighted by molar-refractivity contribution is 6.09. The van der Waals surface area contributed by atoms with Crippen LogP contribution in [0, 0.1) is 6.92 Å². The SMILES string of the molecule is Cc1ccc(-n2nc(C(C)(C)C)cc2NC(=O)N(CCN2CCOCC2)c2ccc(Oc3ccnc(NC(N)=O)c3)c3ccccc23)cc1. The Morgan fingerprint density at radius 1 is 0.959 bits per heavy atom. The molecule has 12 nitrogen and oxygen atoms in total. The maximum absolute atomic E-state index is 14.5. The third-order valence-electron chi connectivity index (χ3n) is 8.34. The first-order chi connectivity index (χ1) is 23.5. The van der Waals surface area contributed by atoms with Crippen LogP contribution >= 0.6 is 0 Å². The zero-order chi connectivity index (χ0) is 34.5. The van der Waals surface area contributed by atoms with Crippen LogP contribution in [0.4, 0.5) is 26.9 Å². The van der Waals surface area contributed by atoms with Crippen molar-refractivity contribution in [2.24, 2.45) is 5.73 Å². The van der Waals surface area contributed by atoms with Crippen LogP contribution in [-0.4, -0.2) is 71.1 Å². The van der Waals surface area contributed by atoms with E-state index in [9.17, 15) is 9.59 Å². The Balaban J connectivity index is 1.36. The Hall–Kier alpha value is -5.46. The molecular formula is C37H42N8O4. The molecule has 0 aliphatic carbocycles. The van der Waals surface area contributed by atoms with Gasteiger partial charge in [0.05, 0.1) is 30.3 Å². The first-order valence-corrected chi connectivity index (χ1v) is 16.3. The van der Waals surface area contributed by atoms with Crippen molar-refractivity contribution in [3.8, 4) is 17.2 Å². The number of urea groups is 2. The highest BCUT2D eigenvalue weighted by Crippen LogP contribution is 2.37. The van der Waals surface area contributed by atoms with Gasteiger partial charge < -0.3 is 15.2 Å². The second-order valence-electron chi connectivity index (χ2n) is 13.0. The lowest BCUT2D eigenvalue weighted by atomic mass is 9.92. The van der Waals surface area contributed by atoms with E-state index in [4.69, 9.17) is 20.3 Å². The molecule has 0 radical (unpaired) electrons. The average molecular weight is 663 g/mol. The number of hydrogen-bond donors (Lipinski definition) is 3. The van der Waals surface area contributed by atoms with E-state index in [0.717, 1.165) is 46.5 Å². The van der Waals surface area contributed by atoms with Gasteiger partial charge in [-0.15, -0.1) is 0 Å². The molecule has 6 rings (SSSR count). The fourth-order valence-corrected chi connectivity index (χ4v) is 5.67. The number of nitrogens with zero attached hydrogens (tertiary/aromatic N) is 5. The maximum atomic E-state index is 14.5. The van der Waals surface area contributed by atoms with E-state index in [0.29, 0.717) is 43.6 Å². The molecule has 12 heteroatoms. The molecule has 3 aromatic carbocycles. The molecule has 4 amide bonds. The maximum Gasteiger partial charge on any atom is 0.327 e. The summed E-state index contributed by atoms with van der Waals surface area (Å²) in [5.74, 6) is 1.91. The molecule has 49 heavy (non-hydrogen) atoms. The van der Waals surface area contributed by atoms with Crippen molar-refractivity contribution in [1.29, 1.82) is 0 Å². The molecule has 3 heterocycles. The van der Waals surface area contributed by atoms with Crippen LogP contribution in [0.15, 0.2) is 85.1 Å². The smallest absolute Gasteiger partial charge is 0.327 e. The van der Waals surface area contributed by atoms with Gasteiger partial charge in [-0.05, 0) is 37.3 Å². The predicted molar refractivity (Wildman–Crippen MR) is 192 cm³/mol. The fraction of sp³-hybridized carbons (Fsp3) is 0.297. The van der Waals surface area contributed by atoms with Crippen molar-refractivity contribution in [2.45, 2.75) is 33.1 Å². The van der Waals surface area contributed by atoms with Gasteiger partial charge in [0.25, 0.3) is 0 Å². The van der Waals surface area contributed by atoms with Crippen LogP contribution in [0.25, 0.3) is 16.5 Å². The number of benzene rings is 3. The molecule has 0 spiro atoms. The topological polar surface area (TPSA) is 140 Å². The van der Waals surface area contributed by atoms with E-state index in [1.165, 1.54) is 6.20 Å². The molecule has 0 bridgehead atoms. The summed E-state index contributed by atoms with van der Waals surface area (Å²) in [6, 6.07) is 23.9. The Bertz CT molecular complexity index is 1940. The van der Waals surface area contributed by atoms with Crippen molar-refractivity contribution in [3.63, 3.8) is 0 Å². The molecular weight excluding hydrogens is 620 g/mol.